The highest BCUT2D eigenvalue weighted by Gasteiger charge is 2.16. The van der Waals surface area contributed by atoms with Gasteiger partial charge in [-0.2, -0.15) is 0 Å². The second-order valence-corrected chi connectivity index (χ2v) is 11.5. The van der Waals surface area contributed by atoms with E-state index in [1.807, 2.05) is 27.8 Å². The first-order valence-electron chi connectivity index (χ1n) is 12.1. The van der Waals surface area contributed by atoms with E-state index in [1.54, 1.807) is 22.9 Å². The average Bonchev–Trinajstić information content (AvgIpc) is 3.55. The molecule has 3 heterocycles. The summed E-state index contributed by atoms with van der Waals surface area (Å²) in [5.41, 5.74) is 0.481. The van der Waals surface area contributed by atoms with Crippen molar-refractivity contribution in [2.75, 3.05) is 12.4 Å². The van der Waals surface area contributed by atoms with Gasteiger partial charge in [0.15, 0.2) is 5.78 Å². The van der Waals surface area contributed by atoms with E-state index in [1.165, 1.54) is 31.6 Å². The Hall–Kier alpha value is -2.79. The van der Waals surface area contributed by atoms with E-state index in [-0.39, 0.29) is 17.3 Å². The largest absolute Gasteiger partial charge is 0.493 e. The first kappa shape index (κ1) is 26.3. The molecule has 11 heteroatoms. The van der Waals surface area contributed by atoms with Crippen LogP contribution in [0.15, 0.2) is 39.7 Å². The number of nitrogens with one attached hydrogen (secondary N) is 1. The minimum Gasteiger partial charge on any atom is -0.493 e. The van der Waals surface area contributed by atoms with E-state index >= 15 is 0 Å². The zero-order valence-corrected chi connectivity index (χ0v) is 21.9. The molecule has 3 aromatic rings. The van der Waals surface area contributed by atoms with Gasteiger partial charge in [-0.1, -0.05) is 33.2 Å². The molecule has 1 aliphatic rings. The predicted octanol–water partition coefficient (Wildman–Crippen LogP) is 4.39. The summed E-state index contributed by atoms with van der Waals surface area (Å²) in [7, 11) is 3.94. The number of Topliss-reactive ketones (excluding diaryl/α,β-unsaturated/α-hetero) is 1. The number of carbonyl (C=O) groups is 2. The lowest BCUT2D eigenvalue weighted by atomic mass is 10.1. The highest BCUT2D eigenvalue weighted by Crippen LogP contribution is 2.39. The van der Waals surface area contributed by atoms with Gasteiger partial charge in [-0.3, -0.25) is 14.3 Å². The van der Waals surface area contributed by atoms with Crippen molar-refractivity contribution in [3.05, 3.63) is 52.1 Å². The molecular weight excluding hydrogens is 500 g/mol. The second kappa shape index (κ2) is 13.0. The number of unbranched alkanes of at least 4 members (excludes halogenated alkanes) is 1. The molecule has 0 spiro atoms. The number of aromatic nitrogens is 3. The van der Waals surface area contributed by atoms with Crippen LogP contribution in [0.1, 0.15) is 61.5 Å². The lowest BCUT2D eigenvalue weighted by molar-refractivity contribution is -0.121. The fourth-order valence-corrected chi connectivity index (χ4v) is 6.90. The van der Waals surface area contributed by atoms with Crippen molar-refractivity contribution >= 4 is 44.2 Å². The van der Waals surface area contributed by atoms with E-state index in [0.29, 0.717) is 49.3 Å². The van der Waals surface area contributed by atoms with Gasteiger partial charge in [0.05, 0.1) is 19.3 Å². The molecule has 1 fully saturated rings. The molecule has 0 radical (unpaired) electrons. The van der Waals surface area contributed by atoms with Gasteiger partial charge in [0, 0.05) is 41.8 Å². The molecule has 1 amide bonds. The fourth-order valence-electron chi connectivity index (χ4n) is 3.87. The van der Waals surface area contributed by atoms with Crippen LogP contribution in [-0.4, -0.2) is 44.3 Å². The quantitative estimate of drug-likeness (QED) is 0.149. The Morgan fingerprint density at radius 1 is 1.25 bits per heavy atom. The van der Waals surface area contributed by atoms with E-state index in [9.17, 15) is 14.4 Å². The summed E-state index contributed by atoms with van der Waals surface area (Å²) < 4.78 is 12.7. The minimum atomic E-state index is -0.650. The number of nitrogens with zero attached hydrogens (tertiary/aromatic N) is 3. The Balaban J connectivity index is 1.14. The smallest absolute Gasteiger partial charge is 0.347 e. The van der Waals surface area contributed by atoms with Crippen molar-refractivity contribution in [2.24, 2.45) is 0 Å². The van der Waals surface area contributed by atoms with Gasteiger partial charge in [0.2, 0.25) is 5.91 Å². The average molecular weight is 531 g/mol. The molecule has 1 unspecified atom stereocenters. The number of amides is 1. The standard InChI is InChI=1S/C25H30N4O5S2/c1-17(30)22-13-18-7-8-20(14-23(18)34-25(22)32)33-11-4-10-29-16-19(27-28-29)15-26-24(31)6-3-2-5-21-9-12-35-36-21/h7-8,13-14,16,21H,2-6,9-12,15H2,1H3,(H,26,31). The van der Waals surface area contributed by atoms with Crippen molar-refractivity contribution in [1.82, 2.24) is 20.3 Å². The molecule has 36 heavy (non-hydrogen) atoms. The lowest BCUT2D eigenvalue weighted by Gasteiger charge is -2.07. The van der Waals surface area contributed by atoms with Gasteiger partial charge in [0.25, 0.3) is 0 Å². The third kappa shape index (κ3) is 7.60. The van der Waals surface area contributed by atoms with Crippen LogP contribution in [0.2, 0.25) is 0 Å². The van der Waals surface area contributed by atoms with Gasteiger partial charge >= 0.3 is 5.63 Å². The number of aryl methyl sites for hydroxylation is 1. The van der Waals surface area contributed by atoms with Gasteiger partial charge < -0.3 is 14.5 Å². The number of hydrogen-bond acceptors (Lipinski definition) is 9. The number of benzene rings is 1. The Kier molecular flexibility index (Phi) is 9.46. The summed E-state index contributed by atoms with van der Waals surface area (Å²) in [6, 6.07) is 6.71. The molecule has 9 nitrogen and oxygen atoms in total. The van der Waals surface area contributed by atoms with Crippen molar-refractivity contribution < 1.29 is 18.7 Å². The van der Waals surface area contributed by atoms with Gasteiger partial charge in [-0.25, -0.2) is 4.79 Å². The van der Waals surface area contributed by atoms with E-state index in [0.717, 1.165) is 23.8 Å². The third-order valence-electron chi connectivity index (χ3n) is 5.85. The number of rotatable bonds is 13. The Labute approximate surface area is 217 Å². The Bertz CT molecular complexity index is 1250. The fraction of sp³-hybridized carbons (Fsp3) is 0.480. The van der Waals surface area contributed by atoms with Crippen LogP contribution in [0.3, 0.4) is 0 Å². The summed E-state index contributed by atoms with van der Waals surface area (Å²) in [6.07, 6.45) is 7.57. The van der Waals surface area contributed by atoms with Crippen LogP contribution < -0.4 is 15.7 Å². The maximum absolute atomic E-state index is 12.1. The zero-order chi connectivity index (χ0) is 25.3. The van der Waals surface area contributed by atoms with Crippen molar-refractivity contribution in [3.8, 4) is 5.75 Å². The molecular formula is C25H30N4O5S2. The molecule has 1 saturated heterocycles. The number of fused-ring (bicyclic) bond motifs is 1. The SMILES string of the molecule is CC(=O)c1cc2ccc(OCCCn3cc(CNC(=O)CCCCC4CCSS4)nn3)cc2oc1=O. The normalized spacial score (nSPS) is 15.3. The van der Waals surface area contributed by atoms with E-state index in [4.69, 9.17) is 9.15 Å². The van der Waals surface area contributed by atoms with Gasteiger partial charge in [-0.05, 0) is 44.4 Å². The Morgan fingerprint density at radius 3 is 2.94 bits per heavy atom. The molecule has 1 aliphatic heterocycles. The molecule has 1 aromatic carbocycles. The summed E-state index contributed by atoms with van der Waals surface area (Å²) in [6.45, 7) is 2.76. The topological polar surface area (TPSA) is 116 Å². The van der Waals surface area contributed by atoms with Crippen molar-refractivity contribution in [3.63, 3.8) is 0 Å². The van der Waals surface area contributed by atoms with E-state index < -0.39 is 5.63 Å². The molecule has 0 saturated carbocycles. The van der Waals surface area contributed by atoms with Crippen LogP contribution in [0.4, 0.5) is 0 Å². The van der Waals surface area contributed by atoms with Gasteiger partial charge in [-0.15, -0.1) is 5.10 Å². The summed E-state index contributed by atoms with van der Waals surface area (Å²) in [5, 5.41) is 12.6. The molecule has 2 aromatic heterocycles. The van der Waals surface area contributed by atoms with Crippen LogP contribution in [0.5, 0.6) is 5.75 Å². The minimum absolute atomic E-state index is 0.0380. The first-order chi connectivity index (χ1) is 17.5. The van der Waals surface area contributed by atoms with Gasteiger partial charge in [0.1, 0.15) is 22.6 Å². The number of ether oxygens (including phenoxy) is 1. The summed E-state index contributed by atoms with van der Waals surface area (Å²) in [5.74, 6) is 1.55. The third-order valence-corrected chi connectivity index (χ3v) is 8.85. The maximum Gasteiger partial charge on any atom is 0.347 e. The summed E-state index contributed by atoms with van der Waals surface area (Å²) >= 11 is 0. The molecule has 192 valence electrons. The lowest BCUT2D eigenvalue weighted by Crippen LogP contribution is -2.22. The monoisotopic (exact) mass is 530 g/mol. The van der Waals surface area contributed by atoms with Crippen LogP contribution in [0, 0.1) is 0 Å². The molecule has 1 N–H and O–H groups in total. The maximum atomic E-state index is 12.1. The zero-order valence-electron chi connectivity index (χ0n) is 20.2. The van der Waals surface area contributed by atoms with E-state index in [2.05, 4.69) is 15.6 Å². The molecule has 0 bridgehead atoms. The number of ketones is 1. The van der Waals surface area contributed by atoms with Crippen LogP contribution in [-0.2, 0) is 17.9 Å². The van der Waals surface area contributed by atoms with Crippen LogP contribution in [0.25, 0.3) is 11.0 Å². The molecule has 1 atom stereocenters. The number of hydrogen-bond donors (Lipinski definition) is 1. The summed E-state index contributed by atoms with van der Waals surface area (Å²) in [4.78, 5) is 35.5. The predicted molar refractivity (Wildman–Crippen MR) is 141 cm³/mol. The van der Waals surface area contributed by atoms with Crippen molar-refractivity contribution in [2.45, 2.75) is 63.8 Å². The highest BCUT2D eigenvalue weighted by molar-refractivity contribution is 8.77. The number of carbonyl (C=O) groups excluding carboxylic acids is 2. The molecule has 0 aliphatic carbocycles. The first-order valence-corrected chi connectivity index (χ1v) is 14.5. The highest BCUT2D eigenvalue weighted by atomic mass is 33.1. The van der Waals surface area contributed by atoms with Crippen molar-refractivity contribution in [1.29, 1.82) is 0 Å². The van der Waals surface area contributed by atoms with Crippen LogP contribution >= 0.6 is 21.6 Å². The Morgan fingerprint density at radius 2 is 2.14 bits per heavy atom. The molecule has 4 rings (SSSR count). The second-order valence-electron chi connectivity index (χ2n) is 8.73.